The lowest BCUT2D eigenvalue weighted by Crippen LogP contribution is -2.15. The van der Waals surface area contributed by atoms with Gasteiger partial charge in [0.15, 0.2) is 0 Å². The molecule has 1 unspecified atom stereocenters. The van der Waals surface area contributed by atoms with E-state index in [1.165, 1.54) is 0 Å². The van der Waals surface area contributed by atoms with Crippen LogP contribution in [0.4, 0.5) is 5.82 Å². The van der Waals surface area contributed by atoms with E-state index in [2.05, 4.69) is 10.4 Å². The Morgan fingerprint density at radius 3 is 3.05 bits per heavy atom. The molecule has 6 heteroatoms. The summed E-state index contributed by atoms with van der Waals surface area (Å²) in [5, 5.41) is 1.02. The van der Waals surface area contributed by atoms with Gasteiger partial charge in [0.2, 0.25) is 0 Å². The van der Waals surface area contributed by atoms with Crippen molar-refractivity contribution in [3.63, 3.8) is 0 Å². The normalized spacial score (nSPS) is 18.1. The molecule has 1 atom stereocenters. The molecule has 3 N–H and O–H groups in total. The number of nitrogen functional groups attached to an aromatic ring is 1. The highest BCUT2D eigenvalue weighted by Gasteiger charge is 2.17. The molecule has 0 bridgehead atoms. The van der Waals surface area contributed by atoms with Crippen LogP contribution in [0.3, 0.4) is 0 Å². The van der Waals surface area contributed by atoms with E-state index in [9.17, 15) is 0 Å². The first-order valence-electron chi connectivity index (χ1n) is 6.94. The Morgan fingerprint density at radius 1 is 1.43 bits per heavy atom. The Kier molecular flexibility index (Phi) is 4.19. The van der Waals surface area contributed by atoms with E-state index >= 15 is 0 Å². The first-order chi connectivity index (χ1) is 10.3. The molecular weight excluding hydrogens is 270 g/mol. The van der Waals surface area contributed by atoms with Gasteiger partial charge in [-0.1, -0.05) is 0 Å². The van der Waals surface area contributed by atoms with Crippen molar-refractivity contribution in [3.8, 4) is 5.75 Å². The van der Waals surface area contributed by atoms with E-state index < -0.39 is 0 Å². The van der Waals surface area contributed by atoms with Crippen LogP contribution in [0.2, 0.25) is 0 Å². The summed E-state index contributed by atoms with van der Waals surface area (Å²) < 4.78 is 16.4. The van der Waals surface area contributed by atoms with Gasteiger partial charge in [-0.15, -0.1) is 0 Å². The molecule has 0 spiro atoms. The lowest BCUT2D eigenvalue weighted by atomic mass is 10.1. The first-order valence-corrected chi connectivity index (χ1v) is 6.94. The van der Waals surface area contributed by atoms with Crippen molar-refractivity contribution in [1.82, 2.24) is 4.98 Å². The lowest BCUT2D eigenvalue weighted by molar-refractivity contribution is 0.0319. The molecule has 1 aromatic heterocycles. The number of nitrogens with zero attached hydrogens (tertiary/aromatic N) is 1. The summed E-state index contributed by atoms with van der Waals surface area (Å²) in [6.07, 6.45) is 1.09. The molecule has 2 heterocycles. The summed E-state index contributed by atoms with van der Waals surface area (Å²) in [6.45, 7) is 1.88. The largest absolute Gasteiger partial charge is 0.497 e. The Hall–Kier alpha value is -1.89. The summed E-state index contributed by atoms with van der Waals surface area (Å²) >= 11 is 0. The van der Waals surface area contributed by atoms with E-state index in [1.54, 1.807) is 7.11 Å². The SMILES string of the molecule is COc1ccc2cc(COC3CCOC3)c(NN)nc2c1. The van der Waals surface area contributed by atoms with Crippen LogP contribution in [0, 0.1) is 0 Å². The minimum Gasteiger partial charge on any atom is -0.497 e. The number of fused-ring (bicyclic) bond motifs is 1. The number of hydrazine groups is 1. The van der Waals surface area contributed by atoms with Crippen LogP contribution in [0.15, 0.2) is 24.3 Å². The van der Waals surface area contributed by atoms with Gasteiger partial charge in [0.05, 0.1) is 31.9 Å². The maximum absolute atomic E-state index is 5.84. The lowest BCUT2D eigenvalue weighted by Gasteiger charge is -2.13. The Bertz CT molecular complexity index is 627. The number of hydrogen-bond acceptors (Lipinski definition) is 6. The van der Waals surface area contributed by atoms with Crippen molar-refractivity contribution in [1.29, 1.82) is 0 Å². The van der Waals surface area contributed by atoms with Gasteiger partial charge < -0.3 is 19.6 Å². The molecule has 1 aromatic carbocycles. The predicted octanol–water partition coefficient (Wildman–Crippen LogP) is 1.83. The first kappa shape index (κ1) is 14.1. The molecule has 1 aliphatic rings. The number of ether oxygens (including phenoxy) is 3. The number of nitrogens with two attached hydrogens (primary N) is 1. The topological polar surface area (TPSA) is 78.6 Å². The van der Waals surface area contributed by atoms with Crippen LogP contribution in [0.5, 0.6) is 5.75 Å². The second-order valence-corrected chi connectivity index (χ2v) is 5.00. The molecule has 0 saturated carbocycles. The molecule has 112 valence electrons. The summed E-state index contributed by atoms with van der Waals surface area (Å²) in [6, 6.07) is 7.80. The van der Waals surface area contributed by atoms with Crippen molar-refractivity contribution in [2.45, 2.75) is 19.1 Å². The van der Waals surface area contributed by atoms with Gasteiger partial charge in [-0.2, -0.15) is 0 Å². The number of rotatable bonds is 5. The number of anilines is 1. The van der Waals surface area contributed by atoms with Crippen LogP contribution >= 0.6 is 0 Å². The summed E-state index contributed by atoms with van der Waals surface area (Å²) in [7, 11) is 1.63. The average Bonchev–Trinajstić information content (AvgIpc) is 3.04. The molecule has 21 heavy (non-hydrogen) atoms. The van der Waals surface area contributed by atoms with Crippen molar-refractivity contribution in [2.24, 2.45) is 5.84 Å². The third-order valence-electron chi connectivity index (χ3n) is 3.60. The fourth-order valence-electron chi connectivity index (χ4n) is 2.40. The molecule has 2 aromatic rings. The second kappa shape index (κ2) is 6.26. The molecule has 1 aliphatic heterocycles. The molecule has 0 aliphatic carbocycles. The maximum Gasteiger partial charge on any atom is 0.146 e. The van der Waals surface area contributed by atoms with Gasteiger partial charge in [0, 0.05) is 23.6 Å². The van der Waals surface area contributed by atoms with Crippen LogP contribution in [0.25, 0.3) is 10.9 Å². The molecule has 1 saturated heterocycles. The number of hydrogen-bond donors (Lipinski definition) is 2. The van der Waals surface area contributed by atoms with Gasteiger partial charge >= 0.3 is 0 Å². The van der Waals surface area contributed by atoms with Crippen molar-refractivity contribution < 1.29 is 14.2 Å². The molecular formula is C15H19N3O3. The van der Waals surface area contributed by atoms with Crippen LogP contribution in [-0.4, -0.2) is 31.4 Å². The number of benzene rings is 1. The van der Waals surface area contributed by atoms with E-state index in [0.717, 1.165) is 35.2 Å². The minimum atomic E-state index is 0.155. The average molecular weight is 289 g/mol. The van der Waals surface area contributed by atoms with Gasteiger partial charge in [-0.3, -0.25) is 0 Å². The molecule has 1 fully saturated rings. The van der Waals surface area contributed by atoms with Crippen molar-refractivity contribution in [3.05, 3.63) is 29.8 Å². The van der Waals surface area contributed by atoms with Crippen molar-refractivity contribution >= 4 is 16.7 Å². The van der Waals surface area contributed by atoms with Gasteiger partial charge in [-0.05, 0) is 24.6 Å². The number of aromatic nitrogens is 1. The smallest absolute Gasteiger partial charge is 0.146 e. The highest BCUT2D eigenvalue weighted by atomic mass is 16.5. The van der Waals surface area contributed by atoms with Gasteiger partial charge in [-0.25, -0.2) is 10.8 Å². The highest BCUT2D eigenvalue weighted by Crippen LogP contribution is 2.25. The number of methoxy groups -OCH3 is 1. The van der Waals surface area contributed by atoms with E-state index in [0.29, 0.717) is 19.0 Å². The monoisotopic (exact) mass is 289 g/mol. The quantitative estimate of drug-likeness (QED) is 0.646. The highest BCUT2D eigenvalue weighted by molar-refractivity contribution is 5.83. The van der Waals surface area contributed by atoms with Crippen LogP contribution in [-0.2, 0) is 16.1 Å². The van der Waals surface area contributed by atoms with Crippen molar-refractivity contribution in [2.75, 3.05) is 25.7 Å². The predicted molar refractivity (Wildman–Crippen MR) is 80.1 cm³/mol. The molecule has 6 nitrogen and oxygen atoms in total. The zero-order valence-corrected chi connectivity index (χ0v) is 12.0. The maximum atomic E-state index is 5.84. The summed E-state index contributed by atoms with van der Waals surface area (Å²) in [5.74, 6) is 6.96. The Balaban J connectivity index is 1.86. The molecule has 3 rings (SSSR count). The minimum absolute atomic E-state index is 0.155. The van der Waals surface area contributed by atoms with Gasteiger partial charge in [0.25, 0.3) is 0 Å². The van der Waals surface area contributed by atoms with E-state index in [4.69, 9.17) is 20.1 Å². The van der Waals surface area contributed by atoms with Gasteiger partial charge in [0.1, 0.15) is 11.6 Å². The third-order valence-corrected chi connectivity index (χ3v) is 3.60. The second-order valence-electron chi connectivity index (χ2n) is 5.00. The summed E-state index contributed by atoms with van der Waals surface area (Å²) in [4.78, 5) is 4.52. The standard InChI is InChI=1S/C15H19N3O3/c1-19-12-3-2-10-6-11(8-21-13-4-5-20-9-13)15(18-16)17-14(10)7-12/h2-3,6-7,13H,4-5,8-9,16H2,1H3,(H,17,18). The zero-order chi connectivity index (χ0) is 14.7. The zero-order valence-electron chi connectivity index (χ0n) is 12.0. The Labute approximate surface area is 123 Å². The van der Waals surface area contributed by atoms with E-state index in [-0.39, 0.29) is 6.10 Å². The molecule has 0 radical (unpaired) electrons. The van der Waals surface area contributed by atoms with Crippen LogP contribution < -0.4 is 16.0 Å². The van der Waals surface area contributed by atoms with Crippen LogP contribution in [0.1, 0.15) is 12.0 Å². The summed E-state index contributed by atoms with van der Waals surface area (Å²) in [5.41, 5.74) is 4.40. The fourth-order valence-corrected chi connectivity index (χ4v) is 2.40. The number of nitrogens with one attached hydrogen (secondary N) is 1. The third kappa shape index (κ3) is 3.07. The molecule has 0 amide bonds. The van der Waals surface area contributed by atoms with E-state index in [1.807, 2.05) is 24.3 Å². The Morgan fingerprint density at radius 2 is 2.33 bits per heavy atom. The fraction of sp³-hybridized carbons (Fsp3) is 0.400. The number of pyridine rings is 1.